The average Bonchev–Trinajstić information content (AvgIpc) is 3.30. The molecule has 1 aromatic rings. The molecular formula is C16H23N3O3. The number of carbonyl (C=O) groups is 2. The van der Waals surface area contributed by atoms with Crippen molar-refractivity contribution in [3.8, 4) is 5.75 Å². The summed E-state index contributed by atoms with van der Waals surface area (Å²) in [5.41, 5.74) is 5.78. The van der Waals surface area contributed by atoms with E-state index in [0.717, 1.165) is 12.8 Å². The molecule has 6 nitrogen and oxygen atoms in total. The number of hydrogen-bond acceptors (Lipinski definition) is 4. The fraction of sp³-hybridized carbons (Fsp3) is 0.500. The molecule has 1 aliphatic carbocycles. The van der Waals surface area contributed by atoms with Crippen molar-refractivity contribution in [2.75, 3.05) is 18.5 Å². The highest BCUT2D eigenvalue weighted by Crippen LogP contribution is 2.30. The lowest BCUT2D eigenvalue weighted by atomic mass is 10.1. The van der Waals surface area contributed by atoms with Crippen molar-refractivity contribution in [1.82, 2.24) is 5.32 Å². The van der Waals surface area contributed by atoms with Crippen LogP contribution in [0, 0.1) is 5.92 Å². The van der Waals surface area contributed by atoms with Crippen LogP contribution in [0.4, 0.5) is 5.69 Å². The van der Waals surface area contributed by atoms with E-state index in [1.165, 1.54) is 0 Å². The summed E-state index contributed by atoms with van der Waals surface area (Å²) >= 11 is 0. The molecule has 6 heteroatoms. The second-order valence-electron chi connectivity index (χ2n) is 6.22. The van der Waals surface area contributed by atoms with Crippen LogP contribution in [-0.4, -0.2) is 30.5 Å². The Labute approximate surface area is 130 Å². The van der Waals surface area contributed by atoms with Gasteiger partial charge in [-0.3, -0.25) is 9.59 Å². The summed E-state index contributed by atoms with van der Waals surface area (Å²) in [6.07, 6.45) is 1.91. The van der Waals surface area contributed by atoms with Crippen LogP contribution in [0.1, 0.15) is 26.7 Å². The van der Waals surface area contributed by atoms with Gasteiger partial charge < -0.3 is 21.1 Å². The molecule has 0 heterocycles. The monoisotopic (exact) mass is 305 g/mol. The zero-order valence-corrected chi connectivity index (χ0v) is 13.0. The number of ether oxygens (including phenoxy) is 1. The molecule has 0 aromatic heterocycles. The van der Waals surface area contributed by atoms with Gasteiger partial charge in [0.15, 0.2) is 6.61 Å². The quantitative estimate of drug-likeness (QED) is 0.707. The molecule has 0 radical (unpaired) electrons. The van der Waals surface area contributed by atoms with Gasteiger partial charge in [0.25, 0.3) is 5.91 Å². The first-order valence-electron chi connectivity index (χ1n) is 7.44. The van der Waals surface area contributed by atoms with Crippen molar-refractivity contribution < 1.29 is 14.3 Å². The van der Waals surface area contributed by atoms with Crippen LogP contribution >= 0.6 is 0 Å². The predicted octanol–water partition coefficient (Wildman–Crippen LogP) is 1.27. The Bertz CT molecular complexity index is 553. The topological polar surface area (TPSA) is 93.4 Å². The van der Waals surface area contributed by atoms with Crippen LogP contribution in [0.15, 0.2) is 24.3 Å². The number of anilines is 1. The Hall–Kier alpha value is -2.08. The van der Waals surface area contributed by atoms with Crippen molar-refractivity contribution in [2.45, 2.75) is 32.2 Å². The van der Waals surface area contributed by atoms with Gasteiger partial charge in [0, 0.05) is 29.8 Å². The third-order valence-electron chi connectivity index (χ3n) is 3.41. The fourth-order valence-electron chi connectivity index (χ4n) is 1.87. The number of benzene rings is 1. The maximum absolute atomic E-state index is 11.8. The molecule has 0 saturated heterocycles. The normalized spacial score (nSPS) is 14.3. The standard InChI is InChI=1S/C16H23N3O3/c1-16(2,10-17)19-14(20)9-22-13-5-3-4-12(8-13)18-15(21)11-6-7-11/h3-5,8,11H,6-7,9-10,17H2,1-2H3,(H,18,21)(H,19,20). The Balaban J connectivity index is 1.84. The van der Waals surface area contributed by atoms with Crippen LogP contribution in [0.25, 0.3) is 0 Å². The lowest BCUT2D eigenvalue weighted by molar-refractivity contribution is -0.124. The van der Waals surface area contributed by atoms with Gasteiger partial charge in [-0.25, -0.2) is 0 Å². The van der Waals surface area contributed by atoms with Crippen molar-refractivity contribution in [2.24, 2.45) is 11.7 Å². The van der Waals surface area contributed by atoms with Gasteiger partial charge in [-0.2, -0.15) is 0 Å². The zero-order chi connectivity index (χ0) is 16.2. The first kappa shape index (κ1) is 16.3. The maximum atomic E-state index is 11.8. The maximum Gasteiger partial charge on any atom is 0.258 e. The molecular weight excluding hydrogens is 282 g/mol. The molecule has 1 saturated carbocycles. The highest BCUT2D eigenvalue weighted by Gasteiger charge is 2.29. The molecule has 22 heavy (non-hydrogen) atoms. The van der Waals surface area contributed by atoms with Crippen molar-refractivity contribution in [3.05, 3.63) is 24.3 Å². The van der Waals surface area contributed by atoms with Crippen molar-refractivity contribution >= 4 is 17.5 Å². The van der Waals surface area contributed by atoms with E-state index in [-0.39, 0.29) is 24.3 Å². The van der Waals surface area contributed by atoms with E-state index < -0.39 is 5.54 Å². The summed E-state index contributed by atoms with van der Waals surface area (Å²) in [5.74, 6) is 0.491. The summed E-state index contributed by atoms with van der Waals surface area (Å²) in [4.78, 5) is 23.5. The summed E-state index contributed by atoms with van der Waals surface area (Å²) in [5, 5.41) is 5.63. The van der Waals surface area contributed by atoms with Crippen molar-refractivity contribution in [3.63, 3.8) is 0 Å². The van der Waals surface area contributed by atoms with Gasteiger partial charge in [0.05, 0.1) is 0 Å². The number of amides is 2. The number of hydrogen-bond donors (Lipinski definition) is 3. The molecule has 0 spiro atoms. The van der Waals surface area contributed by atoms with Crippen LogP contribution in [0.2, 0.25) is 0 Å². The molecule has 120 valence electrons. The zero-order valence-electron chi connectivity index (χ0n) is 13.0. The SMILES string of the molecule is CC(C)(CN)NC(=O)COc1cccc(NC(=O)C2CC2)c1. The lowest BCUT2D eigenvalue weighted by Gasteiger charge is -2.24. The second kappa shape index (κ2) is 6.79. The summed E-state index contributed by atoms with van der Waals surface area (Å²) in [6, 6.07) is 7.03. The third-order valence-corrected chi connectivity index (χ3v) is 3.41. The number of nitrogens with two attached hydrogens (primary N) is 1. The van der Waals surface area contributed by atoms with Crippen LogP contribution in [-0.2, 0) is 9.59 Å². The van der Waals surface area contributed by atoms with E-state index in [1.54, 1.807) is 24.3 Å². The van der Waals surface area contributed by atoms with E-state index in [1.807, 2.05) is 13.8 Å². The minimum atomic E-state index is -0.458. The highest BCUT2D eigenvalue weighted by atomic mass is 16.5. The first-order chi connectivity index (χ1) is 10.4. The van der Waals surface area contributed by atoms with Gasteiger partial charge >= 0.3 is 0 Å². The van der Waals surface area contributed by atoms with Gasteiger partial charge in [0.1, 0.15) is 5.75 Å². The minimum absolute atomic E-state index is 0.0413. The summed E-state index contributed by atoms with van der Waals surface area (Å²) in [6.45, 7) is 3.95. The van der Waals surface area contributed by atoms with E-state index in [9.17, 15) is 9.59 Å². The van der Waals surface area contributed by atoms with E-state index >= 15 is 0 Å². The Morgan fingerprint density at radius 3 is 2.73 bits per heavy atom. The molecule has 0 bridgehead atoms. The fourth-order valence-corrected chi connectivity index (χ4v) is 1.87. The van der Waals surface area contributed by atoms with E-state index in [2.05, 4.69) is 10.6 Å². The van der Waals surface area contributed by atoms with E-state index in [4.69, 9.17) is 10.5 Å². The molecule has 1 fully saturated rings. The minimum Gasteiger partial charge on any atom is -0.484 e. The smallest absolute Gasteiger partial charge is 0.258 e. The molecule has 0 aliphatic heterocycles. The number of carbonyl (C=O) groups excluding carboxylic acids is 2. The summed E-state index contributed by atoms with van der Waals surface area (Å²) < 4.78 is 5.45. The molecule has 2 amide bonds. The Kier molecular flexibility index (Phi) is 5.03. The van der Waals surface area contributed by atoms with Gasteiger partial charge in [-0.05, 0) is 38.8 Å². The lowest BCUT2D eigenvalue weighted by Crippen LogP contribution is -2.50. The third kappa shape index (κ3) is 5.04. The van der Waals surface area contributed by atoms with Crippen LogP contribution in [0.5, 0.6) is 5.75 Å². The Morgan fingerprint density at radius 2 is 2.09 bits per heavy atom. The number of rotatable bonds is 7. The average molecular weight is 305 g/mol. The molecule has 1 aliphatic rings. The van der Waals surface area contributed by atoms with Gasteiger partial charge in [-0.15, -0.1) is 0 Å². The van der Waals surface area contributed by atoms with Crippen LogP contribution < -0.4 is 21.1 Å². The highest BCUT2D eigenvalue weighted by molar-refractivity contribution is 5.94. The molecule has 0 unspecified atom stereocenters. The molecule has 4 N–H and O–H groups in total. The van der Waals surface area contributed by atoms with Crippen LogP contribution in [0.3, 0.4) is 0 Å². The van der Waals surface area contributed by atoms with Crippen molar-refractivity contribution in [1.29, 1.82) is 0 Å². The summed E-state index contributed by atoms with van der Waals surface area (Å²) in [7, 11) is 0. The van der Waals surface area contributed by atoms with Gasteiger partial charge in [-0.1, -0.05) is 6.07 Å². The number of nitrogens with one attached hydrogen (secondary N) is 2. The Morgan fingerprint density at radius 1 is 1.36 bits per heavy atom. The van der Waals surface area contributed by atoms with Gasteiger partial charge in [0.2, 0.25) is 5.91 Å². The molecule has 2 rings (SSSR count). The molecule has 1 aromatic carbocycles. The largest absolute Gasteiger partial charge is 0.484 e. The van der Waals surface area contributed by atoms with E-state index in [0.29, 0.717) is 18.0 Å². The second-order valence-corrected chi connectivity index (χ2v) is 6.22. The molecule has 0 atom stereocenters. The predicted molar refractivity (Wildman–Crippen MR) is 84.6 cm³/mol. The first-order valence-corrected chi connectivity index (χ1v) is 7.44.